The van der Waals surface area contributed by atoms with Gasteiger partial charge in [0.05, 0.1) is 24.2 Å². The van der Waals surface area contributed by atoms with E-state index < -0.39 is 11.2 Å². The second-order valence-corrected chi connectivity index (χ2v) is 9.30. The minimum Gasteiger partial charge on any atom is -0.497 e. The number of aliphatic hydroxyl groups is 1. The summed E-state index contributed by atoms with van der Waals surface area (Å²) in [5.41, 5.74) is 2.38. The van der Waals surface area contributed by atoms with Crippen LogP contribution in [0.1, 0.15) is 36.5 Å². The summed E-state index contributed by atoms with van der Waals surface area (Å²) in [4.78, 5) is 26.4. The molecule has 0 amide bonds. The minimum absolute atomic E-state index is 0.0207. The van der Waals surface area contributed by atoms with E-state index in [2.05, 4.69) is 15.0 Å². The predicted octanol–water partition coefficient (Wildman–Crippen LogP) is 4.77. The Morgan fingerprint density at radius 1 is 1.08 bits per heavy atom. The molecule has 0 aliphatic rings. The van der Waals surface area contributed by atoms with E-state index in [0.717, 1.165) is 16.9 Å². The monoisotopic (exact) mass is 506 g/mol. The van der Waals surface area contributed by atoms with Crippen molar-refractivity contribution in [1.82, 2.24) is 19.5 Å². The van der Waals surface area contributed by atoms with Crippen LogP contribution in [0.25, 0.3) is 17.1 Å². The Morgan fingerprint density at radius 3 is 2.58 bits per heavy atom. The van der Waals surface area contributed by atoms with Gasteiger partial charge in [0.1, 0.15) is 28.7 Å². The summed E-state index contributed by atoms with van der Waals surface area (Å²) in [6.07, 6.45) is 3.24. The van der Waals surface area contributed by atoms with Crippen LogP contribution in [0.5, 0.6) is 11.5 Å². The normalized spacial score (nSPS) is 11.4. The van der Waals surface area contributed by atoms with Crippen molar-refractivity contribution >= 4 is 11.6 Å². The van der Waals surface area contributed by atoms with Gasteiger partial charge in [-0.25, -0.2) is 9.97 Å². The first kappa shape index (κ1) is 25.3. The van der Waals surface area contributed by atoms with E-state index in [1.165, 1.54) is 4.57 Å². The molecule has 4 rings (SSSR count). The zero-order valence-electron chi connectivity index (χ0n) is 20.7. The van der Waals surface area contributed by atoms with Crippen LogP contribution in [0.2, 0.25) is 5.02 Å². The highest BCUT2D eigenvalue weighted by molar-refractivity contribution is 6.31. The fourth-order valence-corrected chi connectivity index (χ4v) is 3.89. The third-order valence-electron chi connectivity index (χ3n) is 5.61. The second-order valence-electron chi connectivity index (χ2n) is 8.93. The first-order valence-electron chi connectivity index (χ1n) is 11.3. The van der Waals surface area contributed by atoms with Gasteiger partial charge in [0, 0.05) is 24.2 Å². The topological polar surface area (TPSA) is 99.4 Å². The van der Waals surface area contributed by atoms with Crippen molar-refractivity contribution < 1.29 is 14.6 Å². The van der Waals surface area contributed by atoms with Crippen LogP contribution in [-0.2, 0) is 12.2 Å². The quantitative estimate of drug-likeness (QED) is 0.385. The number of rotatable bonds is 7. The molecule has 0 saturated carbocycles. The number of benzene rings is 1. The molecule has 9 heteroatoms. The average molecular weight is 507 g/mol. The van der Waals surface area contributed by atoms with Crippen LogP contribution >= 0.6 is 11.6 Å². The van der Waals surface area contributed by atoms with Crippen LogP contribution < -0.4 is 15.0 Å². The molecular formula is C27H27ClN4O4. The summed E-state index contributed by atoms with van der Waals surface area (Å²) in [6, 6.07) is 12.7. The van der Waals surface area contributed by atoms with Gasteiger partial charge in [0.15, 0.2) is 5.82 Å². The van der Waals surface area contributed by atoms with Crippen LogP contribution in [0, 0.1) is 13.8 Å². The van der Waals surface area contributed by atoms with Gasteiger partial charge in [0.2, 0.25) is 0 Å². The summed E-state index contributed by atoms with van der Waals surface area (Å²) in [5, 5.41) is 10.3. The lowest BCUT2D eigenvalue weighted by Crippen LogP contribution is -2.23. The molecule has 36 heavy (non-hydrogen) atoms. The van der Waals surface area contributed by atoms with Crippen molar-refractivity contribution in [1.29, 1.82) is 0 Å². The molecular weight excluding hydrogens is 480 g/mol. The number of ether oxygens (including phenoxy) is 2. The molecule has 0 aliphatic carbocycles. The van der Waals surface area contributed by atoms with Gasteiger partial charge in [-0.15, -0.1) is 0 Å². The lowest BCUT2D eigenvalue weighted by molar-refractivity contribution is 0.0688. The van der Waals surface area contributed by atoms with Crippen LogP contribution in [0.3, 0.4) is 0 Å². The third-order valence-corrected chi connectivity index (χ3v) is 5.96. The first-order chi connectivity index (χ1) is 17.1. The molecule has 0 fully saturated rings. The Morgan fingerprint density at radius 2 is 1.86 bits per heavy atom. The summed E-state index contributed by atoms with van der Waals surface area (Å²) in [7, 11) is 1.60. The number of pyridine rings is 2. The second kappa shape index (κ2) is 10.1. The smallest absolute Gasteiger partial charge is 0.277 e. The van der Waals surface area contributed by atoms with Gasteiger partial charge in [-0.05, 0) is 63.1 Å². The predicted molar refractivity (Wildman–Crippen MR) is 138 cm³/mol. The molecule has 186 valence electrons. The summed E-state index contributed by atoms with van der Waals surface area (Å²) < 4.78 is 12.7. The molecule has 0 aliphatic heterocycles. The van der Waals surface area contributed by atoms with Crippen molar-refractivity contribution in [2.75, 3.05) is 7.11 Å². The van der Waals surface area contributed by atoms with E-state index in [4.69, 9.17) is 21.1 Å². The van der Waals surface area contributed by atoms with Gasteiger partial charge in [0.25, 0.3) is 5.56 Å². The maximum Gasteiger partial charge on any atom is 0.277 e. The molecule has 8 nitrogen and oxygen atoms in total. The lowest BCUT2D eigenvalue weighted by atomic mass is 10.1. The molecule has 1 aromatic carbocycles. The number of nitrogens with zero attached hydrogens (tertiary/aromatic N) is 4. The van der Waals surface area contributed by atoms with E-state index in [1.807, 2.05) is 38.1 Å². The average Bonchev–Trinajstić information content (AvgIpc) is 2.86. The number of hydrogen-bond acceptors (Lipinski definition) is 7. The van der Waals surface area contributed by atoms with Crippen LogP contribution in [0.4, 0.5) is 0 Å². The van der Waals surface area contributed by atoms with Gasteiger partial charge < -0.3 is 14.6 Å². The third kappa shape index (κ3) is 5.24. The molecule has 3 heterocycles. The van der Waals surface area contributed by atoms with Gasteiger partial charge in [-0.3, -0.25) is 14.3 Å². The molecule has 0 spiro atoms. The number of methoxy groups -OCH3 is 1. The van der Waals surface area contributed by atoms with Crippen LogP contribution in [0.15, 0.2) is 59.7 Å². The van der Waals surface area contributed by atoms with Crippen molar-refractivity contribution in [2.24, 2.45) is 0 Å². The lowest BCUT2D eigenvalue weighted by Gasteiger charge is -2.18. The molecule has 1 N–H and O–H groups in total. The summed E-state index contributed by atoms with van der Waals surface area (Å²) in [5.74, 6) is 1.30. The Kier molecular flexibility index (Phi) is 7.10. The van der Waals surface area contributed by atoms with Gasteiger partial charge in [-0.1, -0.05) is 23.7 Å². The Bertz CT molecular complexity index is 1480. The maximum absolute atomic E-state index is 13.4. The summed E-state index contributed by atoms with van der Waals surface area (Å²) in [6.45, 7) is 7.13. The Labute approximate surface area is 214 Å². The van der Waals surface area contributed by atoms with Gasteiger partial charge >= 0.3 is 0 Å². The van der Waals surface area contributed by atoms with E-state index in [9.17, 15) is 9.90 Å². The molecule has 0 radical (unpaired) electrons. The maximum atomic E-state index is 13.4. The highest BCUT2D eigenvalue weighted by Gasteiger charge is 2.21. The molecule has 4 aromatic rings. The molecule has 0 bridgehead atoms. The minimum atomic E-state index is -1.20. The zero-order valence-corrected chi connectivity index (χ0v) is 21.5. The van der Waals surface area contributed by atoms with Crippen molar-refractivity contribution in [3.63, 3.8) is 0 Å². The van der Waals surface area contributed by atoms with E-state index in [-0.39, 0.29) is 17.5 Å². The standard InChI is InChI=1S/C27H27ClN4O4/c1-16-14-30-21(20-9-10-29-26(31-20)27(3,4)34)13-22(16)32-17(2)11-23(24(28)25(32)33)36-15-18-7-6-8-19(12-18)35-5/h6-14,34H,15H2,1-5H3. The van der Waals surface area contributed by atoms with Gasteiger partial charge in [-0.2, -0.15) is 0 Å². The highest BCUT2D eigenvalue weighted by Crippen LogP contribution is 2.28. The highest BCUT2D eigenvalue weighted by atomic mass is 35.5. The number of hydrogen-bond donors (Lipinski definition) is 1. The molecule has 0 atom stereocenters. The fourth-order valence-electron chi connectivity index (χ4n) is 3.70. The first-order valence-corrected chi connectivity index (χ1v) is 11.7. The Hall–Kier alpha value is -3.75. The number of halogens is 1. The number of aromatic nitrogens is 4. The zero-order chi connectivity index (χ0) is 26.0. The molecule has 3 aromatic heterocycles. The SMILES string of the molecule is COc1cccc(COc2cc(C)n(-c3cc(-c4ccnc(C(C)(C)O)n4)ncc3C)c(=O)c2Cl)c1. The van der Waals surface area contributed by atoms with Crippen molar-refractivity contribution in [3.8, 4) is 28.6 Å². The summed E-state index contributed by atoms with van der Waals surface area (Å²) >= 11 is 6.48. The largest absolute Gasteiger partial charge is 0.497 e. The Balaban J connectivity index is 1.71. The van der Waals surface area contributed by atoms with E-state index in [1.54, 1.807) is 51.6 Å². The molecule has 0 saturated heterocycles. The van der Waals surface area contributed by atoms with E-state index in [0.29, 0.717) is 28.5 Å². The fraction of sp³-hybridized carbons (Fsp3) is 0.259. The van der Waals surface area contributed by atoms with Crippen molar-refractivity contribution in [2.45, 2.75) is 39.9 Å². The van der Waals surface area contributed by atoms with Crippen molar-refractivity contribution in [3.05, 3.63) is 92.9 Å². The number of aryl methyl sites for hydroxylation is 2. The van der Waals surface area contributed by atoms with E-state index >= 15 is 0 Å². The van der Waals surface area contributed by atoms with Crippen LogP contribution in [-0.4, -0.2) is 31.7 Å². The molecule has 0 unspecified atom stereocenters.